The van der Waals surface area contributed by atoms with Crippen LogP contribution in [0.3, 0.4) is 0 Å². The molecule has 0 spiro atoms. The maximum absolute atomic E-state index is 9.70. The summed E-state index contributed by atoms with van der Waals surface area (Å²) < 4.78 is 12.2. The average Bonchev–Trinajstić information content (AvgIpc) is 3.52. The van der Waals surface area contributed by atoms with E-state index in [-0.39, 0.29) is 5.75 Å². The molecule has 1 fully saturated rings. The first-order valence-electron chi connectivity index (χ1n) is 11.8. The molecule has 6 heteroatoms. The summed E-state index contributed by atoms with van der Waals surface area (Å²) in [6.07, 6.45) is 15.9. The molecule has 0 unspecified atom stereocenters. The second-order valence-corrected chi connectivity index (χ2v) is 8.77. The molecule has 2 N–H and O–H groups in total. The van der Waals surface area contributed by atoms with Crippen molar-refractivity contribution in [1.29, 1.82) is 0 Å². The monoisotopic (exact) mass is 495 g/mol. The fourth-order valence-corrected chi connectivity index (χ4v) is 4.77. The normalized spacial score (nSPS) is 14.3. The van der Waals surface area contributed by atoms with E-state index in [1.165, 1.54) is 25.9 Å². The highest BCUT2D eigenvalue weighted by Gasteiger charge is 2.19. The van der Waals surface area contributed by atoms with Crippen LogP contribution in [0.1, 0.15) is 30.2 Å². The van der Waals surface area contributed by atoms with Gasteiger partial charge in [0.05, 0.1) is 18.1 Å². The van der Waals surface area contributed by atoms with Crippen molar-refractivity contribution in [1.82, 2.24) is 4.90 Å². The number of hydrogen-bond donors (Lipinski definition) is 2. The number of benzene rings is 1. The summed E-state index contributed by atoms with van der Waals surface area (Å²) in [5.74, 6) is 1.66. The number of allylic oxidation sites excluding steroid dienone is 4. The van der Waals surface area contributed by atoms with Crippen molar-refractivity contribution in [3.8, 4) is 21.9 Å². The summed E-state index contributed by atoms with van der Waals surface area (Å²) in [6.45, 7) is 14.4. The minimum absolute atomic E-state index is 0.232. The van der Waals surface area contributed by atoms with Crippen molar-refractivity contribution in [3.05, 3.63) is 84.0 Å². The Hall–Kier alpha value is -2.90. The van der Waals surface area contributed by atoms with Crippen LogP contribution in [0, 0.1) is 0 Å². The van der Waals surface area contributed by atoms with Crippen LogP contribution in [0.4, 0.5) is 0 Å². The van der Waals surface area contributed by atoms with Gasteiger partial charge in [-0.15, -0.1) is 11.3 Å². The van der Waals surface area contributed by atoms with Gasteiger partial charge in [-0.3, -0.25) is 0 Å². The Labute approximate surface area is 213 Å². The first-order chi connectivity index (χ1) is 17.2. The predicted molar refractivity (Wildman–Crippen MR) is 149 cm³/mol. The fourth-order valence-electron chi connectivity index (χ4n) is 3.70. The fraction of sp³-hybridized carbons (Fsp3) is 0.310. The highest BCUT2D eigenvalue weighted by atomic mass is 32.1. The molecule has 1 aliphatic heterocycles. The maximum atomic E-state index is 9.70. The van der Waals surface area contributed by atoms with Crippen LogP contribution in [-0.2, 0) is 4.74 Å². The molecule has 0 atom stereocenters. The van der Waals surface area contributed by atoms with Gasteiger partial charge in [-0.05, 0) is 74.8 Å². The third kappa shape index (κ3) is 8.67. The van der Waals surface area contributed by atoms with Crippen LogP contribution in [0.15, 0.2) is 73.6 Å². The van der Waals surface area contributed by atoms with Crippen molar-refractivity contribution in [2.24, 2.45) is 0 Å². The highest BCUT2D eigenvalue weighted by Crippen LogP contribution is 2.45. The Bertz CT molecular complexity index is 1010. The third-order valence-electron chi connectivity index (χ3n) is 5.33. The minimum atomic E-state index is 0.232. The molecule has 2 aromatic rings. The number of aliphatic hydroxyl groups is 1. The first-order valence-corrected chi connectivity index (χ1v) is 12.6. The molecule has 1 saturated heterocycles. The van der Waals surface area contributed by atoms with Gasteiger partial charge in [0.25, 0.3) is 0 Å². The first kappa shape index (κ1) is 28.3. The summed E-state index contributed by atoms with van der Waals surface area (Å²) in [7, 11) is 1.00. The standard InChI is InChI=1S/C28H33NO3S.CH4O/c1-4-10-24(12-9-20-31-21-19-29-17-7-8-18-29)32-27-25(11-5-2)26(6-3)33-28(27)22-13-15-23(30)16-14-22;1-2/h4-6,9-16,30H,1,3,7-8,17-21H2,2H3;2H,1H3/b11-5-,12-9-,24-10+;. The summed E-state index contributed by atoms with van der Waals surface area (Å²) in [5.41, 5.74) is 1.95. The Morgan fingerprint density at radius 1 is 1.14 bits per heavy atom. The largest absolute Gasteiger partial charge is 0.508 e. The molecule has 1 aliphatic rings. The maximum Gasteiger partial charge on any atom is 0.153 e. The van der Waals surface area contributed by atoms with E-state index in [2.05, 4.69) is 18.1 Å². The number of nitrogens with zero attached hydrogens (tertiary/aromatic N) is 1. The van der Waals surface area contributed by atoms with Crippen LogP contribution in [0.25, 0.3) is 22.6 Å². The number of ether oxygens (including phenoxy) is 2. The number of aromatic hydroxyl groups is 1. The molecule has 0 saturated carbocycles. The summed E-state index contributed by atoms with van der Waals surface area (Å²) >= 11 is 1.61. The molecule has 2 heterocycles. The van der Waals surface area contributed by atoms with Gasteiger partial charge >= 0.3 is 0 Å². The lowest BCUT2D eigenvalue weighted by Gasteiger charge is -2.13. The molecule has 0 amide bonds. The molecule has 0 bridgehead atoms. The molecule has 1 aromatic heterocycles. The number of aliphatic hydroxyl groups excluding tert-OH is 1. The predicted octanol–water partition coefficient (Wildman–Crippen LogP) is 6.52. The number of phenols is 1. The van der Waals surface area contributed by atoms with Gasteiger partial charge in [-0.1, -0.05) is 43.5 Å². The van der Waals surface area contributed by atoms with Crippen molar-refractivity contribution < 1.29 is 19.7 Å². The van der Waals surface area contributed by atoms with E-state index in [1.54, 1.807) is 29.5 Å². The Balaban J connectivity index is 0.00000210. The van der Waals surface area contributed by atoms with E-state index in [0.29, 0.717) is 12.4 Å². The number of hydrogen-bond acceptors (Lipinski definition) is 6. The van der Waals surface area contributed by atoms with Gasteiger partial charge in [0.1, 0.15) is 11.5 Å². The molecular formula is C29H37NO4S. The van der Waals surface area contributed by atoms with Crippen molar-refractivity contribution in [2.75, 3.05) is 40.0 Å². The van der Waals surface area contributed by atoms with E-state index < -0.39 is 0 Å². The highest BCUT2D eigenvalue weighted by molar-refractivity contribution is 7.17. The van der Waals surface area contributed by atoms with Crippen LogP contribution in [0.5, 0.6) is 11.5 Å². The number of phenolic OH excluding ortho intramolecular Hbond substituents is 1. The number of likely N-dealkylation sites (tertiary alicyclic amines) is 1. The van der Waals surface area contributed by atoms with Gasteiger partial charge in [0.15, 0.2) is 5.75 Å². The lowest BCUT2D eigenvalue weighted by Crippen LogP contribution is -2.23. The summed E-state index contributed by atoms with van der Waals surface area (Å²) in [5, 5.41) is 16.7. The molecule has 1 aromatic carbocycles. The van der Waals surface area contributed by atoms with Gasteiger partial charge in [-0.2, -0.15) is 0 Å². The van der Waals surface area contributed by atoms with Gasteiger partial charge in [-0.25, -0.2) is 0 Å². The van der Waals surface area contributed by atoms with Gasteiger partial charge < -0.3 is 24.6 Å². The molecule has 5 nitrogen and oxygen atoms in total. The topological polar surface area (TPSA) is 62.2 Å². The zero-order valence-electron chi connectivity index (χ0n) is 20.8. The smallest absolute Gasteiger partial charge is 0.153 e. The Kier molecular flexibility index (Phi) is 12.9. The van der Waals surface area contributed by atoms with E-state index in [1.807, 2.05) is 55.5 Å². The molecule has 0 radical (unpaired) electrons. The number of rotatable bonds is 12. The lowest BCUT2D eigenvalue weighted by atomic mass is 10.1. The molecular weight excluding hydrogens is 458 g/mol. The quantitative estimate of drug-likeness (QED) is 0.199. The SMILES string of the molecule is C=C/C=C(\C=C/COCCN1CCCC1)Oc1c(-c2ccc(O)cc2)sc(C=C)c1/C=C\C.CO. The molecule has 35 heavy (non-hydrogen) atoms. The second-order valence-electron chi connectivity index (χ2n) is 7.72. The van der Waals surface area contributed by atoms with E-state index >= 15 is 0 Å². The van der Waals surface area contributed by atoms with E-state index in [9.17, 15) is 5.11 Å². The van der Waals surface area contributed by atoms with Gasteiger partial charge in [0, 0.05) is 24.1 Å². The van der Waals surface area contributed by atoms with Crippen molar-refractivity contribution in [2.45, 2.75) is 19.8 Å². The van der Waals surface area contributed by atoms with Crippen molar-refractivity contribution >= 4 is 23.5 Å². The zero-order chi connectivity index (χ0) is 25.5. The zero-order valence-corrected chi connectivity index (χ0v) is 21.6. The van der Waals surface area contributed by atoms with Gasteiger partial charge in [0.2, 0.25) is 0 Å². The van der Waals surface area contributed by atoms with Crippen LogP contribution in [0.2, 0.25) is 0 Å². The minimum Gasteiger partial charge on any atom is -0.508 e. The third-order valence-corrected chi connectivity index (χ3v) is 6.56. The van der Waals surface area contributed by atoms with Crippen molar-refractivity contribution in [3.63, 3.8) is 0 Å². The van der Waals surface area contributed by atoms with E-state index in [4.69, 9.17) is 14.6 Å². The Morgan fingerprint density at radius 3 is 2.49 bits per heavy atom. The molecule has 0 aliphatic carbocycles. The Morgan fingerprint density at radius 2 is 1.86 bits per heavy atom. The number of thiophene rings is 1. The van der Waals surface area contributed by atoms with Crippen LogP contribution >= 0.6 is 11.3 Å². The van der Waals surface area contributed by atoms with Crippen LogP contribution < -0.4 is 4.74 Å². The second kappa shape index (κ2) is 15.9. The molecule has 3 rings (SSSR count). The van der Waals surface area contributed by atoms with E-state index in [0.717, 1.165) is 46.9 Å². The molecule has 188 valence electrons. The van der Waals surface area contributed by atoms with Crippen LogP contribution in [-0.4, -0.2) is 55.1 Å². The average molecular weight is 496 g/mol. The summed E-state index contributed by atoms with van der Waals surface area (Å²) in [6, 6.07) is 7.14. The lowest BCUT2D eigenvalue weighted by molar-refractivity contribution is 0.133. The summed E-state index contributed by atoms with van der Waals surface area (Å²) in [4.78, 5) is 4.44.